The van der Waals surface area contributed by atoms with Crippen molar-refractivity contribution in [2.24, 2.45) is 5.92 Å². The number of aryl methyl sites for hydroxylation is 1. The average Bonchev–Trinajstić information content (AvgIpc) is 3.17. The van der Waals surface area contributed by atoms with Gasteiger partial charge in [0.25, 0.3) is 0 Å². The highest BCUT2D eigenvalue weighted by Crippen LogP contribution is 2.26. The number of hydrogen-bond donors (Lipinski definition) is 0. The van der Waals surface area contributed by atoms with Crippen molar-refractivity contribution in [2.45, 2.75) is 58.7 Å². The Bertz CT molecular complexity index is 874. The monoisotopic (exact) mass is 386 g/mol. The van der Waals surface area contributed by atoms with Crippen LogP contribution in [-0.4, -0.2) is 16.0 Å². The smallest absolute Gasteiger partial charge is 0.0473 e. The van der Waals surface area contributed by atoms with E-state index in [2.05, 4.69) is 89.3 Å². The third-order valence-corrected chi connectivity index (χ3v) is 6.40. The molecule has 152 valence electrons. The fraction of sp³-hybridized carbons (Fsp3) is 0.407. The number of hydrogen-bond acceptors (Lipinski definition) is 1. The third-order valence-electron chi connectivity index (χ3n) is 6.40. The van der Waals surface area contributed by atoms with Crippen LogP contribution in [0.2, 0.25) is 0 Å². The van der Waals surface area contributed by atoms with E-state index in [1.54, 1.807) is 0 Å². The van der Waals surface area contributed by atoms with E-state index >= 15 is 0 Å². The summed E-state index contributed by atoms with van der Waals surface area (Å²) in [5, 5.41) is 0. The van der Waals surface area contributed by atoms with Gasteiger partial charge in [0.15, 0.2) is 0 Å². The van der Waals surface area contributed by atoms with Crippen LogP contribution in [0.3, 0.4) is 0 Å². The molecule has 0 N–H and O–H groups in total. The molecule has 29 heavy (non-hydrogen) atoms. The van der Waals surface area contributed by atoms with Gasteiger partial charge in [-0.1, -0.05) is 73.9 Å². The van der Waals surface area contributed by atoms with E-state index in [1.807, 2.05) is 0 Å². The average molecular weight is 387 g/mol. The Hall–Kier alpha value is -2.32. The standard InChI is InChI=1S/C27H34N2/c1-23-11-8-9-16-26(23)21-28(19-24-12-4-2-5-13-24)22-27-17-10-18-29(27)20-25-14-6-3-7-15-25/h3,6-11,14-18,24H,2,4-5,12-13,19-22H2,1H3. The van der Waals surface area contributed by atoms with Gasteiger partial charge in [-0.25, -0.2) is 0 Å². The minimum absolute atomic E-state index is 0.852. The van der Waals surface area contributed by atoms with Crippen LogP contribution in [-0.2, 0) is 19.6 Å². The Morgan fingerprint density at radius 1 is 0.828 bits per heavy atom. The van der Waals surface area contributed by atoms with Gasteiger partial charge < -0.3 is 4.57 Å². The molecule has 0 unspecified atom stereocenters. The van der Waals surface area contributed by atoms with E-state index in [0.717, 1.165) is 25.6 Å². The molecular weight excluding hydrogens is 352 g/mol. The summed E-state index contributed by atoms with van der Waals surface area (Å²) in [4.78, 5) is 2.69. The van der Waals surface area contributed by atoms with E-state index in [4.69, 9.17) is 0 Å². The number of benzene rings is 2. The minimum atomic E-state index is 0.852. The van der Waals surface area contributed by atoms with Gasteiger partial charge in [0.05, 0.1) is 0 Å². The zero-order chi connectivity index (χ0) is 19.9. The summed E-state index contributed by atoms with van der Waals surface area (Å²) in [7, 11) is 0. The molecule has 0 saturated heterocycles. The predicted molar refractivity (Wildman–Crippen MR) is 122 cm³/mol. The third kappa shape index (κ3) is 5.61. The van der Waals surface area contributed by atoms with E-state index in [0.29, 0.717) is 0 Å². The second-order valence-corrected chi connectivity index (χ2v) is 8.71. The topological polar surface area (TPSA) is 8.17 Å². The lowest BCUT2D eigenvalue weighted by Crippen LogP contribution is -2.31. The van der Waals surface area contributed by atoms with Crippen molar-refractivity contribution in [1.82, 2.24) is 9.47 Å². The van der Waals surface area contributed by atoms with Gasteiger partial charge in [-0.3, -0.25) is 4.90 Å². The normalized spacial score (nSPS) is 15.1. The summed E-state index contributed by atoms with van der Waals surface area (Å²) in [6.45, 7) is 6.46. The van der Waals surface area contributed by atoms with Gasteiger partial charge in [0.2, 0.25) is 0 Å². The lowest BCUT2D eigenvalue weighted by molar-refractivity contribution is 0.183. The lowest BCUT2D eigenvalue weighted by Gasteiger charge is -2.30. The SMILES string of the molecule is Cc1ccccc1CN(Cc1cccn1Cc1ccccc1)CC1CCCCC1. The van der Waals surface area contributed by atoms with Crippen molar-refractivity contribution >= 4 is 0 Å². The summed E-state index contributed by atoms with van der Waals surface area (Å²) in [5.74, 6) is 0.852. The van der Waals surface area contributed by atoms with Crippen LogP contribution in [0.15, 0.2) is 72.9 Å². The molecule has 0 bridgehead atoms. The zero-order valence-corrected chi connectivity index (χ0v) is 17.8. The van der Waals surface area contributed by atoms with Crippen molar-refractivity contribution in [3.05, 3.63) is 95.3 Å². The van der Waals surface area contributed by atoms with Crippen LogP contribution in [0.4, 0.5) is 0 Å². The maximum absolute atomic E-state index is 2.69. The molecule has 2 nitrogen and oxygen atoms in total. The van der Waals surface area contributed by atoms with Gasteiger partial charge in [-0.2, -0.15) is 0 Å². The van der Waals surface area contributed by atoms with Gasteiger partial charge >= 0.3 is 0 Å². The second kappa shape index (κ2) is 9.93. The van der Waals surface area contributed by atoms with Crippen molar-refractivity contribution in [1.29, 1.82) is 0 Å². The lowest BCUT2D eigenvalue weighted by atomic mass is 9.88. The van der Waals surface area contributed by atoms with Crippen molar-refractivity contribution in [2.75, 3.05) is 6.54 Å². The van der Waals surface area contributed by atoms with Crippen molar-refractivity contribution < 1.29 is 0 Å². The minimum Gasteiger partial charge on any atom is -0.346 e. The first-order valence-corrected chi connectivity index (χ1v) is 11.2. The summed E-state index contributed by atoms with van der Waals surface area (Å²) in [6, 6.07) is 24.2. The maximum atomic E-state index is 2.69. The van der Waals surface area contributed by atoms with E-state index in [1.165, 1.54) is 61.0 Å². The molecule has 1 aliphatic rings. The molecule has 4 rings (SSSR count). The molecule has 1 fully saturated rings. The van der Waals surface area contributed by atoms with E-state index < -0.39 is 0 Å². The van der Waals surface area contributed by atoms with Crippen molar-refractivity contribution in [3.8, 4) is 0 Å². The number of rotatable bonds is 8. The molecule has 1 aliphatic carbocycles. The second-order valence-electron chi connectivity index (χ2n) is 8.71. The fourth-order valence-corrected chi connectivity index (χ4v) is 4.70. The molecule has 1 saturated carbocycles. The maximum Gasteiger partial charge on any atom is 0.0473 e. The first-order valence-electron chi connectivity index (χ1n) is 11.2. The molecule has 3 aromatic rings. The van der Waals surface area contributed by atoms with Crippen LogP contribution in [0.25, 0.3) is 0 Å². The predicted octanol–water partition coefficient (Wildman–Crippen LogP) is 6.43. The van der Waals surface area contributed by atoms with Crippen LogP contribution in [0.1, 0.15) is 54.5 Å². The zero-order valence-electron chi connectivity index (χ0n) is 17.8. The van der Waals surface area contributed by atoms with Gasteiger partial charge in [0.1, 0.15) is 0 Å². The fourth-order valence-electron chi connectivity index (χ4n) is 4.70. The molecule has 0 aliphatic heterocycles. The van der Waals surface area contributed by atoms with Crippen LogP contribution in [0.5, 0.6) is 0 Å². The number of aromatic nitrogens is 1. The Morgan fingerprint density at radius 3 is 2.38 bits per heavy atom. The molecule has 1 heterocycles. The summed E-state index contributed by atoms with van der Waals surface area (Å²) < 4.78 is 2.42. The van der Waals surface area contributed by atoms with E-state index in [9.17, 15) is 0 Å². The molecule has 0 atom stereocenters. The molecular formula is C27H34N2. The van der Waals surface area contributed by atoms with Gasteiger partial charge in [-0.15, -0.1) is 0 Å². The molecule has 2 aromatic carbocycles. The first-order chi connectivity index (χ1) is 14.3. The highest BCUT2D eigenvalue weighted by atomic mass is 15.1. The van der Waals surface area contributed by atoms with Crippen LogP contribution in [0, 0.1) is 12.8 Å². The summed E-state index contributed by atoms with van der Waals surface area (Å²) >= 11 is 0. The van der Waals surface area contributed by atoms with Gasteiger partial charge in [0, 0.05) is 38.1 Å². The molecule has 2 heteroatoms. The summed E-state index contributed by atoms with van der Waals surface area (Å²) in [5.41, 5.74) is 5.64. The molecule has 0 radical (unpaired) electrons. The Kier molecular flexibility index (Phi) is 6.84. The Balaban J connectivity index is 1.50. The summed E-state index contributed by atoms with van der Waals surface area (Å²) in [6.07, 6.45) is 9.27. The molecule has 1 aromatic heterocycles. The van der Waals surface area contributed by atoms with Crippen molar-refractivity contribution in [3.63, 3.8) is 0 Å². The largest absolute Gasteiger partial charge is 0.346 e. The number of nitrogens with zero attached hydrogens (tertiary/aromatic N) is 2. The van der Waals surface area contributed by atoms with Gasteiger partial charge in [-0.05, 0) is 54.5 Å². The Morgan fingerprint density at radius 2 is 1.59 bits per heavy atom. The van der Waals surface area contributed by atoms with E-state index in [-0.39, 0.29) is 0 Å². The quantitative estimate of drug-likeness (QED) is 0.433. The highest BCUT2D eigenvalue weighted by Gasteiger charge is 2.19. The van der Waals surface area contributed by atoms with Crippen LogP contribution >= 0.6 is 0 Å². The first kappa shape index (κ1) is 20.0. The molecule has 0 spiro atoms. The van der Waals surface area contributed by atoms with Crippen LogP contribution < -0.4 is 0 Å². The highest BCUT2D eigenvalue weighted by molar-refractivity contribution is 5.25. The Labute approximate surface area is 176 Å². The molecule has 0 amide bonds.